The minimum Gasteiger partial charge on any atom is -0.255 e. The third-order valence-corrected chi connectivity index (χ3v) is 3.50. The Bertz CT molecular complexity index is 437. The van der Waals surface area contributed by atoms with E-state index in [0.29, 0.717) is 9.50 Å². The number of hydrogen-bond acceptors (Lipinski definition) is 3. The monoisotopic (exact) mass is 299 g/mol. The maximum absolute atomic E-state index is 11.0. The maximum Gasteiger partial charge on any atom is 0.300 e. The van der Waals surface area contributed by atoms with Crippen LogP contribution in [0.4, 0.5) is 5.82 Å². The molecule has 2 N–H and O–H groups in total. The fraction of sp³-hybridized carbons (Fsp3) is 0.167. The van der Waals surface area contributed by atoms with E-state index in [4.69, 9.17) is 11.6 Å². The summed E-state index contributed by atoms with van der Waals surface area (Å²) < 4.78 is 27.0. The van der Waals surface area contributed by atoms with Crippen molar-refractivity contribution in [3.8, 4) is 0 Å². The van der Waals surface area contributed by atoms with E-state index in [-0.39, 0.29) is 5.82 Å². The lowest BCUT2D eigenvalue weighted by Crippen LogP contribution is -2.26. The Labute approximate surface area is 95.2 Å². The van der Waals surface area contributed by atoms with Gasteiger partial charge in [0.25, 0.3) is 10.2 Å². The van der Waals surface area contributed by atoms with E-state index in [0.717, 1.165) is 0 Å². The average molecular weight is 301 g/mol. The minimum atomic E-state index is -3.54. The van der Waals surface area contributed by atoms with Crippen molar-refractivity contribution in [1.82, 2.24) is 9.71 Å². The van der Waals surface area contributed by atoms with E-state index in [2.05, 4.69) is 30.4 Å². The van der Waals surface area contributed by atoms with Crippen molar-refractivity contribution in [3.05, 3.63) is 21.8 Å². The number of anilines is 1. The highest BCUT2D eigenvalue weighted by Gasteiger charge is 2.08. The summed E-state index contributed by atoms with van der Waals surface area (Å²) in [6, 6.07) is 1.40. The predicted molar refractivity (Wildman–Crippen MR) is 58.5 cm³/mol. The molecule has 1 aromatic rings. The first kappa shape index (κ1) is 11.7. The lowest BCUT2D eigenvalue weighted by atomic mass is 10.5. The van der Waals surface area contributed by atoms with E-state index in [1.54, 1.807) is 0 Å². The van der Waals surface area contributed by atoms with Gasteiger partial charge in [-0.25, -0.2) is 9.71 Å². The summed E-state index contributed by atoms with van der Waals surface area (Å²) in [5, 5.41) is 0.383. The minimum absolute atomic E-state index is 0.160. The molecule has 0 saturated carbocycles. The second-order valence-electron chi connectivity index (χ2n) is 2.29. The molecule has 8 heteroatoms. The first-order chi connectivity index (χ1) is 6.44. The zero-order chi connectivity index (χ0) is 10.8. The number of halogens is 2. The Hall–Kier alpha value is -0.370. The smallest absolute Gasteiger partial charge is 0.255 e. The zero-order valence-corrected chi connectivity index (χ0v) is 10.2. The SMILES string of the molecule is CNS(=O)(=O)Nc1cc(Cl)c(Br)cn1. The molecule has 0 fully saturated rings. The molecule has 0 aliphatic rings. The van der Waals surface area contributed by atoms with Crippen LogP contribution in [0.2, 0.25) is 5.02 Å². The highest BCUT2D eigenvalue weighted by molar-refractivity contribution is 9.10. The molecular formula is C6H7BrClN3O2S. The number of pyridine rings is 1. The first-order valence-electron chi connectivity index (χ1n) is 3.47. The van der Waals surface area contributed by atoms with Crippen molar-refractivity contribution >= 4 is 43.6 Å². The highest BCUT2D eigenvalue weighted by Crippen LogP contribution is 2.23. The van der Waals surface area contributed by atoms with Gasteiger partial charge in [-0.3, -0.25) is 4.72 Å². The number of nitrogens with one attached hydrogen (secondary N) is 2. The Morgan fingerprint density at radius 2 is 2.21 bits per heavy atom. The number of rotatable bonds is 3. The predicted octanol–water partition coefficient (Wildman–Crippen LogP) is 1.37. The Morgan fingerprint density at radius 1 is 1.57 bits per heavy atom. The Balaban J connectivity index is 2.94. The Morgan fingerprint density at radius 3 is 2.71 bits per heavy atom. The molecule has 0 radical (unpaired) electrons. The summed E-state index contributed by atoms with van der Waals surface area (Å²) in [6.07, 6.45) is 1.41. The van der Waals surface area contributed by atoms with E-state index in [1.807, 2.05) is 0 Å². The van der Waals surface area contributed by atoms with Gasteiger partial charge in [-0.1, -0.05) is 11.6 Å². The lowest BCUT2D eigenvalue weighted by molar-refractivity contribution is 0.593. The molecule has 0 aliphatic heterocycles. The van der Waals surface area contributed by atoms with Gasteiger partial charge in [0, 0.05) is 19.3 Å². The average Bonchev–Trinajstić information content (AvgIpc) is 2.11. The van der Waals surface area contributed by atoms with Crippen LogP contribution in [-0.2, 0) is 10.2 Å². The van der Waals surface area contributed by atoms with Gasteiger partial charge >= 0.3 is 0 Å². The fourth-order valence-electron chi connectivity index (χ4n) is 0.659. The van der Waals surface area contributed by atoms with Gasteiger partial charge in [-0.15, -0.1) is 0 Å². The molecule has 1 heterocycles. The van der Waals surface area contributed by atoms with E-state index in [9.17, 15) is 8.42 Å². The topological polar surface area (TPSA) is 71.1 Å². The molecule has 5 nitrogen and oxygen atoms in total. The maximum atomic E-state index is 11.0. The summed E-state index contributed by atoms with van der Waals surface area (Å²) in [6.45, 7) is 0. The van der Waals surface area contributed by atoms with Crippen molar-refractivity contribution in [1.29, 1.82) is 0 Å². The molecule has 0 amide bonds. The largest absolute Gasteiger partial charge is 0.300 e. The van der Waals surface area contributed by atoms with Crippen LogP contribution in [0.3, 0.4) is 0 Å². The van der Waals surface area contributed by atoms with Crippen LogP contribution in [0.5, 0.6) is 0 Å². The molecule has 0 saturated heterocycles. The van der Waals surface area contributed by atoms with Gasteiger partial charge in [-0.2, -0.15) is 8.42 Å². The van der Waals surface area contributed by atoms with Gasteiger partial charge in [0.15, 0.2) is 0 Å². The lowest BCUT2D eigenvalue weighted by Gasteiger charge is -2.05. The quantitative estimate of drug-likeness (QED) is 0.886. The second kappa shape index (κ2) is 4.43. The summed E-state index contributed by atoms with van der Waals surface area (Å²) in [5.74, 6) is 0.160. The molecule has 0 aromatic carbocycles. The van der Waals surface area contributed by atoms with Crippen LogP contribution in [-0.4, -0.2) is 20.4 Å². The van der Waals surface area contributed by atoms with Crippen molar-refractivity contribution in [3.63, 3.8) is 0 Å². The van der Waals surface area contributed by atoms with E-state index < -0.39 is 10.2 Å². The molecule has 78 valence electrons. The third kappa shape index (κ3) is 3.09. The molecule has 0 atom stereocenters. The molecular weight excluding hydrogens is 294 g/mol. The molecule has 1 rings (SSSR count). The highest BCUT2D eigenvalue weighted by atomic mass is 79.9. The van der Waals surface area contributed by atoms with Gasteiger partial charge in [-0.05, 0) is 15.9 Å². The van der Waals surface area contributed by atoms with Gasteiger partial charge < -0.3 is 0 Å². The van der Waals surface area contributed by atoms with Crippen molar-refractivity contribution in [2.75, 3.05) is 11.8 Å². The molecule has 0 spiro atoms. The standard InChI is InChI=1S/C6H7BrClN3O2S/c1-9-14(12,13)11-6-2-5(8)4(7)3-10-6/h2-3,9H,1H3,(H,10,11). The van der Waals surface area contributed by atoms with Gasteiger partial charge in [0.1, 0.15) is 5.82 Å². The summed E-state index contributed by atoms with van der Waals surface area (Å²) in [7, 11) is -2.24. The molecule has 14 heavy (non-hydrogen) atoms. The third-order valence-electron chi connectivity index (χ3n) is 1.32. The van der Waals surface area contributed by atoms with Crippen LogP contribution >= 0.6 is 27.5 Å². The van der Waals surface area contributed by atoms with E-state index >= 15 is 0 Å². The zero-order valence-electron chi connectivity index (χ0n) is 7.08. The normalized spacial score (nSPS) is 11.4. The molecule has 1 aromatic heterocycles. The van der Waals surface area contributed by atoms with Crippen LogP contribution in [0, 0.1) is 0 Å². The number of nitrogens with zero attached hydrogens (tertiary/aromatic N) is 1. The van der Waals surface area contributed by atoms with Crippen molar-refractivity contribution in [2.24, 2.45) is 0 Å². The van der Waals surface area contributed by atoms with Crippen LogP contribution in [0.1, 0.15) is 0 Å². The number of hydrogen-bond donors (Lipinski definition) is 2. The van der Waals surface area contributed by atoms with Gasteiger partial charge in [0.2, 0.25) is 0 Å². The van der Waals surface area contributed by atoms with Gasteiger partial charge in [0.05, 0.1) is 9.50 Å². The van der Waals surface area contributed by atoms with Crippen LogP contribution < -0.4 is 9.44 Å². The fourth-order valence-corrected chi connectivity index (χ4v) is 1.52. The van der Waals surface area contributed by atoms with Crippen molar-refractivity contribution < 1.29 is 8.42 Å². The molecule has 0 bridgehead atoms. The van der Waals surface area contributed by atoms with E-state index in [1.165, 1.54) is 19.3 Å². The Kier molecular flexibility index (Phi) is 3.71. The van der Waals surface area contributed by atoms with Crippen molar-refractivity contribution in [2.45, 2.75) is 0 Å². The van der Waals surface area contributed by atoms with Crippen LogP contribution in [0.25, 0.3) is 0 Å². The first-order valence-corrected chi connectivity index (χ1v) is 6.12. The second-order valence-corrected chi connectivity index (χ2v) is 5.17. The summed E-state index contributed by atoms with van der Waals surface area (Å²) >= 11 is 8.88. The van der Waals surface area contributed by atoms with Crippen LogP contribution in [0.15, 0.2) is 16.7 Å². The summed E-state index contributed by atoms with van der Waals surface area (Å²) in [4.78, 5) is 3.81. The molecule has 0 aliphatic carbocycles. The molecule has 0 unspecified atom stereocenters. The summed E-state index contributed by atoms with van der Waals surface area (Å²) in [5.41, 5.74) is 0. The number of aromatic nitrogens is 1.